The minimum atomic E-state index is -4.01. The molecule has 0 saturated carbocycles. The molecule has 110 valence electrons. The van der Waals surface area contributed by atoms with Gasteiger partial charge in [0, 0.05) is 15.3 Å². The average molecular weight is 418 g/mol. The van der Waals surface area contributed by atoms with Gasteiger partial charge in [-0.1, -0.05) is 18.2 Å². The third kappa shape index (κ3) is 3.50. The van der Waals surface area contributed by atoms with Gasteiger partial charge in [-0.05, 0) is 53.3 Å². The van der Waals surface area contributed by atoms with E-state index in [9.17, 15) is 18.5 Å². The van der Waals surface area contributed by atoms with Crippen molar-refractivity contribution in [1.82, 2.24) is 0 Å². The number of nitro benzene ring substituents is 1. The van der Waals surface area contributed by atoms with Crippen LogP contribution in [-0.4, -0.2) is 13.3 Å². The first-order chi connectivity index (χ1) is 9.81. The largest absolute Gasteiger partial charge is 0.289 e. The van der Waals surface area contributed by atoms with E-state index in [4.69, 9.17) is 0 Å². The lowest BCUT2D eigenvalue weighted by Gasteiger charge is -2.09. The van der Waals surface area contributed by atoms with Crippen LogP contribution in [0.15, 0.2) is 47.4 Å². The summed E-state index contributed by atoms with van der Waals surface area (Å²) in [5.41, 5.74) is 0.930. The van der Waals surface area contributed by atoms with Gasteiger partial charge in [0.05, 0.1) is 4.92 Å². The summed E-state index contributed by atoms with van der Waals surface area (Å²) in [6.07, 6.45) is 0. The maximum Gasteiger partial charge on any atom is 0.289 e. The van der Waals surface area contributed by atoms with E-state index in [1.165, 1.54) is 18.2 Å². The van der Waals surface area contributed by atoms with Gasteiger partial charge < -0.3 is 0 Å². The van der Waals surface area contributed by atoms with Gasteiger partial charge in [-0.25, -0.2) is 8.42 Å². The van der Waals surface area contributed by atoms with E-state index in [1.807, 2.05) is 6.92 Å². The highest BCUT2D eigenvalue weighted by atomic mass is 127. The number of nitrogens with zero attached hydrogens (tertiary/aromatic N) is 1. The minimum absolute atomic E-state index is 0.356. The van der Waals surface area contributed by atoms with Gasteiger partial charge in [-0.15, -0.1) is 0 Å². The van der Waals surface area contributed by atoms with Crippen LogP contribution >= 0.6 is 22.6 Å². The number of benzene rings is 2. The second kappa shape index (κ2) is 5.98. The highest BCUT2D eigenvalue weighted by molar-refractivity contribution is 14.1. The number of halogens is 1. The summed E-state index contributed by atoms with van der Waals surface area (Å²) in [6, 6.07) is 10.3. The highest BCUT2D eigenvalue weighted by Gasteiger charge is 2.25. The van der Waals surface area contributed by atoms with Crippen molar-refractivity contribution >= 4 is 44.0 Å². The maximum atomic E-state index is 12.3. The molecule has 0 radical (unpaired) electrons. The molecule has 0 amide bonds. The number of aryl methyl sites for hydroxylation is 1. The normalized spacial score (nSPS) is 11.1. The van der Waals surface area contributed by atoms with Crippen LogP contribution in [0.5, 0.6) is 0 Å². The third-order valence-electron chi connectivity index (χ3n) is 2.78. The molecule has 2 aromatic carbocycles. The molecule has 2 aromatic rings. The number of nitrogens with one attached hydrogen (secondary N) is 1. The van der Waals surface area contributed by atoms with Crippen LogP contribution in [0.1, 0.15) is 5.56 Å². The van der Waals surface area contributed by atoms with Gasteiger partial charge in [-0.3, -0.25) is 14.8 Å². The zero-order chi connectivity index (χ0) is 15.6. The molecule has 0 heterocycles. The Hall–Kier alpha value is -1.68. The van der Waals surface area contributed by atoms with Crippen molar-refractivity contribution in [3.8, 4) is 0 Å². The zero-order valence-electron chi connectivity index (χ0n) is 10.9. The van der Waals surface area contributed by atoms with E-state index in [1.54, 1.807) is 18.2 Å². The fraction of sp³-hybridized carbons (Fsp3) is 0.0769. The molecule has 6 nitrogen and oxygen atoms in total. The standard InChI is InChI=1S/C13H11IN2O4S/c1-9-6-7-10(8-11(9)14)15-21(19,20)13-5-3-2-4-12(13)16(17)18/h2-8,15H,1H3. The maximum absolute atomic E-state index is 12.3. The number of sulfonamides is 1. The molecule has 0 bridgehead atoms. The predicted molar refractivity (Wildman–Crippen MR) is 87.8 cm³/mol. The molecule has 0 fully saturated rings. The molecule has 2 rings (SSSR count). The van der Waals surface area contributed by atoms with Crippen LogP contribution in [0.4, 0.5) is 11.4 Å². The van der Waals surface area contributed by atoms with E-state index in [0.717, 1.165) is 15.2 Å². The first-order valence-electron chi connectivity index (χ1n) is 5.83. The SMILES string of the molecule is Cc1ccc(NS(=O)(=O)c2ccccc2[N+](=O)[O-])cc1I. The summed E-state index contributed by atoms with van der Waals surface area (Å²) >= 11 is 2.09. The first kappa shape index (κ1) is 15.7. The molecular formula is C13H11IN2O4S. The Morgan fingerprint density at radius 2 is 1.86 bits per heavy atom. The average Bonchev–Trinajstić information content (AvgIpc) is 2.42. The van der Waals surface area contributed by atoms with Gasteiger partial charge >= 0.3 is 0 Å². The van der Waals surface area contributed by atoms with Crippen molar-refractivity contribution in [3.05, 3.63) is 61.7 Å². The van der Waals surface area contributed by atoms with Gasteiger partial charge in [0.15, 0.2) is 4.90 Å². The van der Waals surface area contributed by atoms with Crippen LogP contribution in [0.25, 0.3) is 0 Å². The molecule has 0 aliphatic heterocycles. The topological polar surface area (TPSA) is 89.3 Å². The molecule has 0 unspecified atom stereocenters. The number of para-hydroxylation sites is 1. The fourth-order valence-corrected chi connectivity index (χ4v) is 3.44. The van der Waals surface area contributed by atoms with Crippen molar-refractivity contribution in [2.75, 3.05) is 4.72 Å². The van der Waals surface area contributed by atoms with Crippen LogP contribution in [0.2, 0.25) is 0 Å². The summed E-state index contributed by atoms with van der Waals surface area (Å²) in [4.78, 5) is 9.86. The van der Waals surface area contributed by atoms with Crippen LogP contribution in [-0.2, 0) is 10.0 Å². The number of rotatable bonds is 4. The van der Waals surface area contributed by atoms with E-state index in [2.05, 4.69) is 27.3 Å². The fourth-order valence-electron chi connectivity index (χ4n) is 1.70. The van der Waals surface area contributed by atoms with Crippen molar-refractivity contribution in [1.29, 1.82) is 0 Å². The Morgan fingerprint density at radius 3 is 2.48 bits per heavy atom. The molecule has 0 aromatic heterocycles. The number of hydrogen-bond donors (Lipinski definition) is 1. The van der Waals surface area contributed by atoms with E-state index in [0.29, 0.717) is 5.69 Å². The Balaban J connectivity index is 2.43. The minimum Gasteiger partial charge on any atom is -0.279 e. The molecule has 0 spiro atoms. The van der Waals surface area contributed by atoms with Gasteiger partial charge in [-0.2, -0.15) is 0 Å². The van der Waals surface area contributed by atoms with Gasteiger partial charge in [0.25, 0.3) is 15.7 Å². The second-order valence-electron chi connectivity index (χ2n) is 4.29. The molecule has 1 N–H and O–H groups in total. The molecule has 0 saturated heterocycles. The third-order valence-corrected chi connectivity index (χ3v) is 5.37. The van der Waals surface area contributed by atoms with E-state index >= 15 is 0 Å². The Morgan fingerprint density at radius 1 is 1.19 bits per heavy atom. The van der Waals surface area contributed by atoms with Crippen molar-refractivity contribution in [3.63, 3.8) is 0 Å². The Bertz CT molecular complexity index is 806. The molecule has 0 aliphatic rings. The lowest BCUT2D eigenvalue weighted by molar-refractivity contribution is -0.387. The summed E-state index contributed by atoms with van der Waals surface area (Å²) in [6.45, 7) is 1.90. The number of anilines is 1. The smallest absolute Gasteiger partial charge is 0.279 e. The van der Waals surface area contributed by atoms with E-state index in [-0.39, 0.29) is 4.90 Å². The lowest BCUT2D eigenvalue weighted by Crippen LogP contribution is -2.14. The second-order valence-corrected chi connectivity index (χ2v) is 7.11. The molecule has 8 heteroatoms. The number of nitro groups is 1. The van der Waals surface area contributed by atoms with E-state index < -0.39 is 20.6 Å². The van der Waals surface area contributed by atoms with Crippen LogP contribution < -0.4 is 4.72 Å². The van der Waals surface area contributed by atoms with Crippen molar-refractivity contribution in [2.24, 2.45) is 0 Å². The summed E-state index contributed by atoms with van der Waals surface area (Å²) in [5, 5.41) is 10.9. The van der Waals surface area contributed by atoms with Crippen LogP contribution in [0.3, 0.4) is 0 Å². The summed E-state index contributed by atoms with van der Waals surface area (Å²) in [5.74, 6) is 0. The molecule has 0 aliphatic carbocycles. The predicted octanol–water partition coefficient (Wildman–Crippen LogP) is 3.31. The first-order valence-corrected chi connectivity index (χ1v) is 8.40. The summed E-state index contributed by atoms with van der Waals surface area (Å²) in [7, 11) is -4.01. The summed E-state index contributed by atoms with van der Waals surface area (Å²) < 4.78 is 27.9. The van der Waals surface area contributed by atoms with Crippen molar-refractivity contribution in [2.45, 2.75) is 11.8 Å². The Kier molecular flexibility index (Phi) is 4.47. The molecular weight excluding hydrogens is 407 g/mol. The number of hydrogen-bond acceptors (Lipinski definition) is 4. The molecule has 21 heavy (non-hydrogen) atoms. The van der Waals surface area contributed by atoms with Gasteiger partial charge in [0.1, 0.15) is 0 Å². The quantitative estimate of drug-likeness (QED) is 0.469. The Labute approximate surface area is 135 Å². The lowest BCUT2D eigenvalue weighted by atomic mass is 10.2. The molecule has 0 atom stereocenters. The van der Waals surface area contributed by atoms with Crippen LogP contribution in [0, 0.1) is 20.6 Å². The van der Waals surface area contributed by atoms with Gasteiger partial charge in [0.2, 0.25) is 0 Å². The zero-order valence-corrected chi connectivity index (χ0v) is 13.9. The van der Waals surface area contributed by atoms with Crippen molar-refractivity contribution < 1.29 is 13.3 Å². The highest BCUT2D eigenvalue weighted by Crippen LogP contribution is 2.26. The monoisotopic (exact) mass is 418 g/mol.